The maximum Gasteiger partial charge on any atom is 0.254 e. The van der Waals surface area contributed by atoms with Gasteiger partial charge in [-0.05, 0) is 43.0 Å². The fourth-order valence-corrected chi connectivity index (χ4v) is 5.27. The number of hydrogen-bond acceptors (Lipinski definition) is 3. The maximum atomic E-state index is 13.7. The summed E-state index contributed by atoms with van der Waals surface area (Å²) in [5.41, 5.74) is 1.98. The molecule has 0 bridgehead atoms. The Morgan fingerprint density at radius 3 is 2.63 bits per heavy atom. The molecule has 4 rings (SSSR count). The smallest absolute Gasteiger partial charge is 0.254 e. The second-order valence-corrected chi connectivity index (χ2v) is 8.53. The van der Waals surface area contributed by atoms with Crippen LogP contribution in [0.15, 0.2) is 48.7 Å². The molecule has 5 heteroatoms. The first kappa shape index (κ1) is 20.6. The molecule has 1 fully saturated rings. The molecule has 1 N–H and O–H groups in total. The molecule has 2 aromatic rings. The number of aromatic nitrogens is 1. The minimum atomic E-state index is -0.424. The van der Waals surface area contributed by atoms with Crippen LogP contribution in [0, 0.1) is 0 Å². The highest BCUT2D eigenvalue weighted by Gasteiger charge is 2.54. The summed E-state index contributed by atoms with van der Waals surface area (Å²) in [6.45, 7) is 3.26. The van der Waals surface area contributed by atoms with Gasteiger partial charge in [-0.2, -0.15) is 0 Å². The molecule has 5 nitrogen and oxygen atoms in total. The summed E-state index contributed by atoms with van der Waals surface area (Å²) in [4.78, 5) is 33.6. The van der Waals surface area contributed by atoms with Crippen molar-refractivity contribution in [3.05, 3.63) is 65.5 Å². The summed E-state index contributed by atoms with van der Waals surface area (Å²) in [7, 11) is 0. The molecule has 2 amide bonds. The Bertz CT molecular complexity index is 890. The van der Waals surface area contributed by atoms with Crippen LogP contribution in [0.4, 0.5) is 0 Å². The van der Waals surface area contributed by atoms with E-state index >= 15 is 0 Å². The summed E-state index contributed by atoms with van der Waals surface area (Å²) in [5, 5.41) is 3.13. The Labute approximate surface area is 178 Å². The van der Waals surface area contributed by atoms with Gasteiger partial charge in [0, 0.05) is 18.3 Å². The van der Waals surface area contributed by atoms with Crippen molar-refractivity contribution < 1.29 is 9.59 Å². The largest absolute Gasteiger partial charge is 0.350 e. The van der Waals surface area contributed by atoms with Gasteiger partial charge in [-0.15, -0.1) is 0 Å². The Morgan fingerprint density at radius 2 is 1.90 bits per heavy atom. The fraction of sp³-hybridized carbons (Fsp3) is 0.480. The van der Waals surface area contributed by atoms with E-state index in [9.17, 15) is 9.59 Å². The van der Waals surface area contributed by atoms with E-state index in [4.69, 9.17) is 0 Å². The minimum absolute atomic E-state index is 0.00371. The molecule has 158 valence electrons. The zero-order valence-electron chi connectivity index (χ0n) is 17.8. The third kappa shape index (κ3) is 3.73. The zero-order valence-corrected chi connectivity index (χ0v) is 17.8. The van der Waals surface area contributed by atoms with Crippen LogP contribution in [0.5, 0.6) is 0 Å². The molecule has 0 saturated heterocycles. The highest BCUT2D eigenvalue weighted by Crippen LogP contribution is 2.49. The van der Waals surface area contributed by atoms with Crippen LogP contribution in [-0.2, 0) is 11.3 Å². The maximum absolute atomic E-state index is 13.7. The van der Waals surface area contributed by atoms with Crippen LogP contribution < -0.4 is 5.32 Å². The van der Waals surface area contributed by atoms with Gasteiger partial charge in [0.2, 0.25) is 5.91 Å². The Kier molecular flexibility index (Phi) is 6.16. The predicted octanol–water partition coefficient (Wildman–Crippen LogP) is 4.44. The van der Waals surface area contributed by atoms with Gasteiger partial charge in [0.05, 0.1) is 23.7 Å². The van der Waals surface area contributed by atoms with Crippen LogP contribution >= 0.6 is 0 Å². The van der Waals surface area contributed by atoms with Crippen molar-refractivity contribution in [2.24, 2.45) is 0 Å². The number of hydrogen-bond donors (Lipinski definition) is 1. The molecule has 1 aromatic heterocycles. The Hall–Kier alpha value is -2.69. The van der Waals surface area contributed by atoms with Crippen molar-refractivity contribution in [2.45, 2.75) is 69.9 Å². The summed E-state index contributed by atoms with van der Waals surface area (Å²) < 4.78 is 0. The van der Waals surface area contributed by atoms with Gasteiger partial charge in [-0.1, -0.05) is 56.9 Å². The molecule has 1 atom stereocenters. The van der Waals surface area contributed by atoms with E-state index in [1.807, 2.05) is 42.5 Å². The number of nitrogens with zero attached hydrogens (tertiary/aromatic N) is 2. The van der Waals surface area contributed by atoms with Crippen LogP contribution in [0.1, 0.15) is 79.4 Å². The van der Waals surface area contributed by atoms with Crippen LogP contribution in [0.25, 0.3) is 0 Å². The average molecular weight is 406 g/mol. The molecule has 2 heterocycles. The van der Waals surface area contributed by atoms with Gasteiger partial charge in [-0.25, -0.2) is 0 Å². The van der Waals surface area contributed by atoms with Crippen LogP contribution in [0.3, 0.4) is 0 Å². The van der Waals surface area contributed by atoms with Crippen molar-refractivity contribution in [3.8, 4) is 0 Å². The Balaban J connectivity index is 1.72. The second-order valence-electron chi connectivity index (χ2n) is 8.53. The van der Waals surface area contributed by atoms with Gasteiger partial charge >= 0.3 is 0 Å². The van der Waals surface area contributed by atoms with Crippen molar-refractivity contribution in [2.75, 3.05) is 6.54 Å². The molecule has 1 spiro atoms. The summed E-state index contributed by atoms with van der Waals surface area (Å²) >= 11 is 0. The topological polar surface area (TPSA) is 62.3 Å². The van der Waals surface area contributed by atoms with E-state index in [-0.39, 0.29) is 17.7 Å². The van der Waals surface area contributed by atoms with E-state index < -0.39 is 5.54 Å². The van der Waals surface area contributed by atoms with E-state index in [1.54, 1.807) is 6.20 Å². The highest BCUT2D eigenvalue weighted by atomic mass is 16.2. The first-order chi connectivity index (χ1) is 14.7. The number of unbranched alkanes of at least 4 members (excludes halogenated alkanes) is 1. The number of carbonyl (C=O) groups excluding carboxylic acids is 2. The lowest BCUT2D eigenvalue weighted by molar-refractivity contribution is -0.127. The van der Waals surface area contributed by atoms with Crippen molar-refractivity contribution >= 4 is 11.8 Å². The van der Waals surface area contributed by atoms with Crippen LogP contribution in [-0.4, -0.2) is 33.8 Å². The number of carbonyl (C=O) groups is 2. The van der Waals surface area contributed by atoms with Gasteiger partial charge in [-0.3, -0.25) is 14.6 Å². The van der Waals surface area contributed by atoms with Crippen LogP contribution in [0.2, 0.25) is 0 Å². The van der Waals surface area contributed by atoms with Gasteiger partial charge in [0.25, 0.3) is 5.91 Å². The number of amides is 2. The molecule has 1 aromatic carbocycles. The van der Waals surface area contributed by atoms with Gasteiger partial charge in [0.15, 0.2) is 0 Å². The molecule has 1 aliphatic heterocycles. The van der Waals surface area contributed by atoms with E-state index in [2.05, 4.69) is 22.1 Å². The van der Waals surface area contributed by atoms with Gasteiger partial charge < -0.3 is 10.2 Å². The number of rotatable bonds is 6. The van der Waals surface area contributed by atoms with Crippen molar-refractivity contribution in [3.63, 3.8) is 0 Å². The predicted molar refractivity (Wildman–Crippen MR) is 117 cm³/mol. The molecular weight excluding hydrogens is 374 g/mol. The number of benzene rings is 1. The normalized spacial score (nSPS) is 20.1. The standard InChI is InChI=1S/C25H31N3O2/c1-2-3-17-28-24(30)21-13-6-5-12-20(21)22(25(28)14-8-4-9-15-25)23(29)27-18-19-11-7-10-16-26-19/h5-7,10-13,16,22H,2-4,8-9,14-15,17-18H2,1H3,(H,27,29)/t22-/m1/s1. The number of fused-ring (bicyclic) bond motifs is 1. The fourth-order valence-electron chi connectivity index (χ4n) is 5.27. The molecule has 2 aliphatic rings. The lowest BCUT2D eigenvalue weighted by atomic mass is 9.65. The molecule has 0 radical (unpaired) electrons. The Morgan fingerprint density at radius 1 is 1.13 bits per heavy atom. The summed E-state index contributed by atoms with van der Waals surface area (Å²) in [6, 6.07) is 13.4. The summed E-state index contributed by atoms with van der Waals surface area (Å²) in [5.74, 6) is -0.244. The monoisotopic (exact) mass is 405 g/mol. The first-order valence-corrected chi connectivity index (χ1v) is 11.3. The zero-order chi connectivity index (χ0) is 21.0. The molecule has 0 unspecified atom stereocenters. The average Bonchev–Trinajstić information content (AvgIpc) is 2.79. The van der Waals surface area contributed by atoms with Crippen molar-refractivity contribution in [1.29, 1.82) is 0 Å². The molecule has 1 saturated carbocycles. The number of pyridine rings is 1. The van der Waals surface area contributed by atoms with E-state index in [0.29, 0.717) is 18.7 Å². The second kappa shape index (κ2) is 8.99. The van der Waals surface area contributed by atoms with Crippen molar-refractivity contribution in [1.82, 2.24) is 15.2 Å². The van der Waals surface area contributed by atoms with E-state index in [0.717, 1.165) is 49.8 Å². The van der Waals surface area contributed by atoms with Gasteiger partial charge in [0.1, 0.15) is 0 Å². The van der Waals surface area contributed by atoms with E-state index in [1.165, 1.54) is 6.42 Å². The third-order valence-electron chi connectivity index (χ3n) is 6.71. The molecule has 30 heavy (non-hydrogen) atoms. The molecule has 1 aliphatic carbocycles. The lowest BCUT2D eigenvalue weighted by Crippen LogP contribution is -2.62. The minimum Gasteiger partial charge on any atom is -0.350 e. The summed E-state index contributed by atoms with van der Waals surface area (Å²) in [6.07, 6.45) is 8.78. The molecular formula is C25H31N3O2. The SMILES string of the molecule is CCCCN1C(=O)c2ccccc2[C@H](C(=O)NCc2ccccn2)C12CCCCC2. The first-order valence-electron chi connectivity index (χ1n) is 11.3. The quantitative estimate of drug-likeness (QED) is 0.773. The third-order valence-corrected chi connectivity index (χ3v) is 6.71. The lowest BCUT2D eigenvalue weighted by Gasteiger charge is -2.53. The highest BCUT2D eigenvalue weighted by molar-refractivity contribution is 6.02. The number of nitrogens with one attached hydrogen (secondary N) is 1.